The van der Waals surface area contributed by atoms with Gasteiger partial charge in [-0.05, 0) is 23.7 Å². The minimum Gasteiger partial charge on any atom is -0.374 e. The van der Waals surface area contributed by atoms with E-state index in [0.29, 0.717) is 0 Å². The van der Waals surface area contributed by atoms with Crippen LogP contribution in [0.1, 0.15) is 25.7 Å². The third kappa shape index (κ3) is 10.5. The van der Waals surface area contributed by atoms with Gasteiger partial charge in [-0.2, -0.15) is 13.2 Å². The van der Waals surface area contributed by atoms with E-state index in [1.807, 2.05) is 0 Å². The van der Waals surface area contributed by atoms with Crippen LogP contribution in [-0.2, 0) is 4.74 Å². The molecule has 0 spiro atoms. The molecule has 15 heavy (non-hydrogen) atoms. The zero-order valence-electron chi connectivity index (χ0n) is 8.52. The summed E-state index contributed by atoms with van der Waals surface area (Å²) in [6.45, 7) is 3.74. The van der Waals surface area contributed by atoms with E-state index in [2.05, 4.69) is 29.2 Å². The zero-order valence-corrected chi connectivity index (χ0v) is 10.7. The topological polar surface area (TPSA) is 9.23 Å². The van der Waals surface area contributed by atoms with E-state index in [9.17, 15) is 13.2 Å². The summed E-state index contributed by atoms with van der Waals surface area (Å²) in [5.74, 6) is 0. The van der Waals surface area contributed by atoms with Crippen molar-refractivity contribution >= 4 is 22.6 Å². The van der Waals surface area contributed by atoms with Gasteiger partial charge < -0.3 is 4.74 Å². The second kappa shape index (κ2) is 8.38. The minimum atomic E-state index is -4.07. The third-order valence-corrected chi connectivity index (χ3v) is 2.58. The van der Waals surface area contributed by atoms with Crippen molar-refractivity contribution in [3.05, 3.63) is 12.7 Å². The number of ether oxygens (including phenoxy) is 1. The Morgan fingerprint density at radius 1 is 1.33 bits per heavy atom. The highest BCUT2D eigenvalue weighted by molar-refractivity contribution is 14.1. The number of rotatable bonds is 8. The first-order chi connectivity index (χ1) is 6.99. The van der Waals surface area contributed by atoms with Crippen LogP contribution in [0.4, 0.5) is 13.2 Å². The largest absolute Gasteiger partial charge is 0.389 e. The summed E-state index contributed by atoms with van der Waals surface area (Å²) in [4.78, 5) is 0. The highest BCUT2D eigenvalue weighted by Gasteiger charge is 2.26. The monoisotopic (exact) mass is 336 g/mol. The first-order valence-corrected chi connectivity index (χ1v) is 6.39. The van der Waals surface area contributed by atoms with Gasteiger partial charge in [-0.15, -0.1) is 6.58 Å². The molecule has 0 N–H and O–H groups in total. The lowest BCUT2D eigenvalue weighted by molar-refractivity contribution is -0.138. The molecule has 0 unspecified atom stereocenters. The van der Waals surface area contributed by atoms with Crippen molar-refractivity contribution in [1.82, 2.24) is 0 Å². The summed E-state index contributed by atoms with van der Waals surface area (Å²) < 4.78 is 41.7. The molecule has 0 fully saturated rings. The molecule has 0 aliphatic rings. The van der Waals surface area contributed by atoms with Crippen LogP contribution in [0.5, 0.6) is 0 Å². The van der Waals surface area contributed by atoms with Gasteiger partial charge in [-0.3, -0.25) is 0 Å². The molecule has 0 aliphatic heterocycles. The quantitative estimate of drug-likeness (QED) is 0.280. The van der Waals surface area contributed by atoms with Crippen molar-refractivity contribution in [2.24, 2.45) is 0 Å². The molecule has 0 aromatic carbocycles. The second-order valence-corrected chi connectivity index (χ2v) is 4.27. The molecule has 0 bridgehead atoms. The van der Waals surface area contributed by atoms with Crippen molar-refractivity contribution in [1.29, 1.82) is 0 Å². The van der Waals surface area contributed by atoms with Gasteiger partial charge in [0.2, 0.25) is 0 Å². The molecular formula is C10H16F3IO. The number of hydrogen-bond acceptors (Lipinski definition) is 1. The Hall–Kier alpha value is 0.220. The molecule has 5 heteroatoms. The molecule has 0 amide bonds. The SMILES string of the molecule is C=C[C@@H](CCCI)OCCCC(F)(F)F. The highest BCUT2D eigenvalue weighted by Crippen LogP contribution is 2.21. The maximum absolute atomic E-state index is 11.8. The van der Waals surface area contributed by atoms with Crippen LogP contribution in [0.2, 0.25) is 0 Å². The molecular weight excluding hydrogens is 320 g/mol. The van der Waals surface area contributed by atoms with Gasteiger partial charge in [0.1, 0.15) is 0 Å². The van der Waals surface area contributed by atoms with Crippen LogP contribution < -0.4 is 0 Å². The van der Waals surface area contributed by atoms with Gasteiger partial charge in [-0.1, -0.05) is 28.7 Å². The average Bonchev–Trinajstić information content (AvgIpc) is 2.15. The maximum atomic E-state index is 11.8. The molecule has 0 aliphatic carbocycles. The maximum Gasteiger partial charge on any atom is 0.389 e. The minimum absolute atomic E-state index is 0.0259. The number of halogens is 4. The normalized spacial score (nSPS) is 13.9. The van der Waals surface area contributed by atoms with Gasteiger partial charge in [-0.25, -0.2) is 0 Å². The molecule has 0 aromatic heterocycles. The fourth-order valence-electron chi connectivity index (χ4n) is 1.05. The fourth-order valence-corrected chi connectivity index (χ4v) is 1.50. The summed E-state index contributed by atoms with van der Waals surface area (Å²) in [7, 11) is 0. The third-order valence-electron chi connectivity index (χ3n) is 1.82. The van der Waals surface area contributed by atoms with E-state index in [0.717, 1.165) is 17.3 Å². The van der Waals surface area contributed by atoms with E-state index < -0.39 is 12.6 Å². The molecule has 0 radical (unpaired) electrons. The Labute approximate surface area is 102 Å². The predicted octanol–water partition coefficient (Wildman–Crippen LogP) is 4.12. The summed E-state index contributed by atoms with van der Waals surface area (Å²) in [5.41, 5.74) is 0. The van der Waals surface area contributed by atoms with Crippen molar-refractivity contribution in [3.63, 3.8) is 0 Å². The summed E-state index contributed by atoms with van der Waals surface area (Å²) in [5, 5.41) is 0. The Morgan fingerprint density at radius 3 is 2.47 bits per heavy atom. The molecule has 90 valence electrons. The number of alkyl halides is 4. The van der Waals surface area contributed by atoms with Gasteiger partial charge in [0, 0.05) is 13.0 Å². The van der Waals surface area contributed by atoms with Gasteiger partial charge in [0.05, 0.1) is 6.10 Å². The van der Waals surface area contributed by atoms with Crippen LogP contribution in [-0.4, -0.2) is 23.3 Å². The summed E-state index contributed by atoms with van der Waals surface area (Å²) in [6, 6.07) is 0. The van der Waals surface area contributed by atoms with E-state index in [1.165, 1.54) is 0 Å². The Bertz CT molecular complexity index is 171. The lowest BCUT2D eigenvalue weighted by atomic mass is 10.2. The van der Waals surface area contributed by atoms with Crippen molar-refractivity contribution in [3.8, 4) is 0 Å². The van der Waals surface area contributed by atoms with Crippen LogP contribution in [0, 0.1) is 0 Å². The van der Waals surface area contributed by atoms with Crippen LogP contribution >= 0.6 is 22.6 Å². The van der Waals surface area contributed by atoms with Gasteiger partial charge >= 0.3 is 6.18 Å². The molecule has 1 atom stereocenters. The van der Waals surface area contributed by atoms with Gasteiger partial charge in [0.25, 0.3) is 0 Å². The lowest BCUT2D eigenvalue weighted by Gasteiger charge is -2.13. The first kappa shape index (κ1) is 15.2. The van der Waals surface area contributed by atoms with E-state index in [1.54, 1.807) is 6.08 Å². The van der Waals surface area contributed by atoms with E-state index in [-0.39, 0.29) is 19.1 Å². The Balaban J connectivity index is 3.50. The van der Waals surface area contributed by atoms with Crippen molar-refractivity contribution in [2.75, 3.05) is 11.0 Å². The lowest BCUT2D eigenvalue weighted by Crippen LogP contribution is -2.13. The molecule has 0 aromatic rings. The van der Waals surface area contributed by atoms with Crippen LogP contribution in [0.3, 0.4) is 0 Å². The average molecular weight is 336 g/mol. The van der Waals surface area contributed by atoms with E-state index >= 15 is 0 Å². The molecule has 0 rings (SSSR count). The highest BCUT2D eigenvalue weighted by atomic mass is 127. The van der Waals surface area contributed by atoms with E-state index in [4.69, 9.17) is 4.74 Å². The molecule has 0 saturated carbocycles. The van der Waals surface area contributed by atoms with Crippen molar-refractivity contribution < 1.29 is 17.9 Å². The summed E-state index contributed by atoms with van der Waals surface area (Å²) >= 11 is 2.25. The Kier molecular flexibility index (Phi) is 8.50. The summed E-state index contributed by atoms with van der Waals surface area (Å²) in [6.07, 6.45) is -1.45. The molecule has 1 nitrogen and oxygen atoms in total. The van der Waals surface area contributed by atoms with Crippen LogP contribution in [0.25, 0.3) is 0 Å². The fraction of sp³-hybridized carbons (Fsp3) is 0.800. The van der Waals surface area contributed by atoms with Crippen molar-refractivity contribution in [2.45, 2.75) is 38.0 Å². The molecule has 0 saturated heterocycles. The standard InChI is InChI=1S/C10H16F3IO/c1-2-9(5-3-7-14)15-8-4-6-10(11,12)13/h2,9H,1,3-8H2/t9-/m0/s1. The second-order valence-electron chi connectivity index (χ2n) is 3.19. The van der Waals surface area contributed by atoms with Gasteiger partial charge in [0.15, 0.2) is 0 Å². The van der Waals surface area contributed by atoms with Crippen LogP contribution in [0.15, 0.2) is 12.7 Å². The molecule has 0 heterocycles. The first-order valence-electron chi connectivity index (χ1n) is 4.86. The smallest absolute Gasteiger partial charge is 0.374 e. The Morgan fingerprint density at radius 2 is 2.00 bits per heavy atom. The predicted molar refractivity (Wildman–Crippen MR) is 63.3 cm³/mol. The number of hydrogen-bond donors (Lipinski definition) is 0. The zero-order chi connectivity index (χ0) is 11.7.